The maximum absolute atomic E-state index is 12.6. The number of benzene rings is 2. The molecule has 1 fully saturated rings. The van der Waals surface area contributed by atoms with Crippen LogP contribution in [0.15, 0.2) is 53.4 Å². The van der Waals surface area contributed by atoms with Gasteiger partial charge < -0.3 is 4.90 Å². The minimum atomic E-state index is -3.55. The van der Waals surface area contributed by atoms with Gasteiger partial charge in [0.25, 0.3) is 5.91 Å². The molecule has 0 aromatic heterocycles. The van der Waals surface area contributed by atoms with Gasteiger partial charge in [-0.2, -0.15) is 0 Å². The summed E-state index contributed by atoms with van der Waals surface area (Å²) >= 11 is 6.09. The van der Waals surface area contributed by atoms with Crippen molar-refractivity contribution in [3.05, 3.63) is 64.7 Å². The molecule has 1 aliphatic rings. The first-order valence-electron chi connectivity index (χ1n) is 8.49. The molecule has 0 saturated carbocycles. The molecule has 0 aliphatic carbocycles. The van der Waals surface area contributed by atoms with Crippen LogP contribution in [0.3, 0.4) is 0 Å². The Morgan fingerprint density at radius 1 is 1.08 bits per heavy atom. The summed E-state index contributed by atoms with van der Waals surface area (Å²) in [5.41, 5.74) is 1.49. The minimum absolute atomic E-state index is 0.115. The number of piperidine rings is 1. The Kier molecular flexibility index (Phi) is 5.65. The van der Waals surface area contributed by atoms with Gasteiger partial charge in [-0.15, -0.1) is 0 Å². The molecule has 0 unspecified atom stereocenters. The van der Waals surface area contributed by atoms with Crippen molar-refractivity contribution in [3.63, 3.8) is 0 Å². The van der Waals surface area contributed by atoms with E-state index in [9.17, 15) is 13.2 Å². The van der Waals surface area contributed by atoms with Crippen LogP contribution in [0.4, 0.5) is 0 Å². The Labute approximate surface area is 159 Å². The molecule has 1 N–H and O–H groups in total. The summed E-state index contributed by atoms with van der Waals surface area (Å²) in [5, 5.41) is 0.430. The first-order chi connectivity index (χ1) is 12.4. The zero-order valence-electron chi connectivity index (χ0n) is 14.5. The molecule has 7 heteroatoms. The fourth-order valence-corrected chi connectivity index (χ4v) is 4.53. The van der Waals surface area contributed by atoms with Gasteiger partial charge in [-0.05, 0) is 44.0 Å². The third-order valence-electron chi connectivity index (χ3n) is 4.54. The second-order valence-corrected chi connectivity index (χ2v) is 8.60. The van der Waals surface area contributed by atoms with E-state index in [-0.39, 0.29) is 16.8 Å². The number of carbonyl (C=O) groups is 1. The van der Waals surface area contributed by atoms with E-state index in [0.717, 1.165) is 5.56 Å². The molecule has 26 heavy (non-hydrogen) atoms. The molecule has 3 rings (SSSR count). The lowest BCUT2D eigenvalue weighted by atomic mass is 10.0. The maximum Gasteiger partial charge on any atom is 0.255 e. The molecule has 0 radical (unpaired) electrons. The number of nitrogens with one attached hydrogen (secondary N) is 1. The molecule has 2 aromatic rings. The van der Waals surface area contributed by atoms with Crippen LogP contribution in [0, 0.1) is 6.92 Å². The van der Waals surface area contributed by atoms with Gasteiger partial charge in [0.2, 0.25) is 10.0 Å². The van der Waals surface area contributed by atoms with Crippen molar-refractivity contribution in [1.29, 1.82) is 0 Å². The average Bonchev–Trinajstić information content (AvgIpc) is 2.62. The lowest BCUT2D eigenvalue weighted by Crippen LogP contribution is -2.46. The van der Waals surface area contributed by atoms with Crippen molar-refractivity contribution in [3.8, 4) is 0 Å². The van der Waals surface area contributed by atoms with Gasteiger partial charge in [0.05, 0.1) is 15.5 Å². The first kappa shape index (κ1) is 18.9. The SMILES string of the molecule is Cc1ccc(S(=O)(=O)NC2CCN(C(=O)c3ccccc3Cl)CC2)cc1. The average molecular weight is 393 g/mol. The number of carbonyl (C=O) groups excluding carboxylic acids is 1. The van der Waals surface area contributed by atoms with Gasteiger partial charge in [-0.1, -0.05) is 41.4 Å². The predicted molar refractivity (Wildman–Crippen MR) is 102 cm³/mol. The largest absolute Gasteiger partial charge is 0.338 e. The fourth-order valence-electron chi connectivity index (χ4n) is 3.01. The Bertz CT molecular complexity index is 889. The first-order valence-corrected chi connectivity index (χ1v) is 10.4. The van der Waals surface area contributed by atoms with E-state index in [0.29, 0.717) is 36.5 Å². The molecular weight excluding hydrogens is 372 g/mol. The second kappa shape index (κ2) is 7.78. The van der Waals surface area contributed by atoms with E-state index in [2.05, 4.69) is 4.72 Å². The number of hydrogen-bond acceptors (Lipinski definition) is 3. The third-order valence-corrected chi connectivity index (χ3v) is 6.41. The van der Waals surface area contributed by atoms with Crippen molar-refractivity contribution in [2.24, 2.45) is 0 Å². The number of amides is 1. The summed E-state index contributed by atoms with van der Waals surface area (Å²) in [4.78, 5) is 14.6. The topological polar surface area (TPSA) is 66.5 Å². The lowest BCUT2D eigenvalue weighted by Gasteiger charge is -2.32. The molecule has 2 aromatic carbocycles. The smallest absolute Gasteiger partial charge is 0.255 e. The monoisotopic (exact) mass is 392 g/mol. The van der Waals surface area contributed by atoms with Crippen LogP contribution in [0.5, 0.6) is 0 Å². The van der Waals surface area contributed by atoms with Gasteiger partial charge in [-0.3, -0.25) is 4.79 Å². The van der Waals surface area contributed by atoms with Crippen LogP contribution in [0.25, 0.3) is 0 Å². The Hall–Kier alpha value is -1.89. The quantitative estimate of drug-likeness (QED) is 0.868. The summed E-state index contributed by atoms with van der Waals surface area (Å²) < 4.78 is 27.7. The van der Waals surface area contributed by atoms with Crippen molar-refractivity contribution >= 4 is 27.5 Å². The summed E-state index contributed by atoms with van der Waals surface area (Å²) in [6.07, 6.45) is 1.14. The lowest BCUT2D eigenvalue weighted by molar-refractivity contribution is 0.0711. The number of rotatable bonds is 4. The highest BCUT2D eigenvalue weighted by Crippen LogP contribution is 2.21. The highest BCUT2D eigenvalue weighted by Gasteiger charge is 2.27. The maximum atomic E-state index is 12.6. The van der Waals surface area contributed by atoms with Crippen molar-refractivity contribution in [1.82, 2.24) is 9.62 Å². The van der Waals surface area contributed by atoms with E-state index in [4.69, 9.17) is 11.6 Å². The summed E-state index contributed by atoms with van der Waals surface area (Å²) in [5.74, 6) is -0.115. The van der Waals surface area contributed by atoms with Gasteiger partial charge in [0.1, 0.15) is 0 Å². The number of hydrogen-bond donors (Lipinski definition) is 1. The molecule has 1 saturated heterocycles. The summed E-state index contributed by atoms with van der Waals surface area (Å²) in [6, 6.07) is 13.5. The van der Waals surface area contributed by atoms with Crippen LogP contribution >= 0.6 is 11.6 Å². The molecule has 0 atom stereocenters. The Morgan fingerprint density at radius 3 is 2.31 bits per heavy atom. The van der Waals surface area contributed by atoms with E-state index in [1.165, 1.54) is 0 Å². The highest BCUT2D eigenvalue weighted by atomic mass is 35.5. The van der Waals surface area contributed by atoms with Gasteiger partial charge >= 0.3 is 0 Å². The van der Waals surface area contributed by atoms with Crippen LogP contribution in [-0.2, 0) is 10.0 Å². The van der Waals surface area contributed by atoms with Crippen LogP contribution in [-0.4, -0.2) is 38.4 Å². The van der Waals surface area contributed by atoms with Crippen molar-refractivity contribution in [2.45, 2.75) is 30.7 Å². The van der Waals surface area contributed by atoms with Gasteiger partial charge in [0.15, 0.2) is 0 Å². The van der Waals surface area contributed by atoms with Gasteiger partial charge in [-0.25, -0.2) is 13.1 Å². The van der Waals surface area contributed by atoms with Crippen LogP contribution in [0.2, 0.25) is 5.02 Å². The zero-order valence-corrected chi connectivity index (χ0v) is 16.1. The van der Waals surface area contributed by atoms with E-state index in [1.807, 2.05) is 6.92 Å². The predicted octanol–water partition coefficient (Wildman–Crippen LogP) is 3.23. The molecule has 0 bridgehead atoms. The molecule has 1 amide bonds. The second-order valence-electron chi connectivity index (χ2n) is 6.48. The number of nitrogens with zero attached hydrogens (tertiary/aromatic N) is 1. The normalized spacial score (nSPS) is 15.8. The summed E-state index contributed by atoms with van der Waals surface area (Å²) in [6.45, 7) is 2.89. The van der Waals surface area contributed by atoms with Crippen molar-refractivity contribution < 1.29 is 13.2 Å². The minimum Gasteiger partial charge on any atom is -0.338 e. The number of aryl methyl sites for hydroxylation is 1. The standard InChI is InChI=1S/C19H21ClN2O3S/c1-14-6-8-16(9-7-14)26(24,25)21-15-10-12-22(13-11-15)19(23)17-4-2-3-5-18(17)20/h2-9,15,21H,10-13H2,1H3. The molecule has 5 nitrogen and oxygen atoms in total. The van der Waals surface area contributed by atoms with Gasteiger partial charge in [0, 0.05) is 19.1 Å². The van der Waals surface area contributed by atoms with E-state index >= 15 is 0 Å². The van der Waals surface area contributed by atoms with Crippen LogP contribution in [0.1, 0.15) is 28.8 Å². The van der Waals surface area contributed by atoms with E-state index in [1.54, 1.807) is 53.4 Å². The van der Waals surface area contributed by atoms with Crippen LogP contribution < -0.4 is 4.72 Å². The molecule has 1 aliphatic heterocycles. The number of halogens is 1. The van der Waals surface area contributed by atoms with E-state index < -0.39 is 10.0 Å². The third kappa shape index (κ3) is 4.26. The fraction of sp³-hybridized carbons (Fsp3) is 0.316. The molecule has 1 heterocycles. The molecule has 0 spiro atoms. The highest BCUT2D eigenvalue weighted by molar-refractivity contribution is 7.89. The number of sulfonamides is 1. The Balaban J connectivity index is 1.61. The molecular formula is C19H21ClN2O3S. The zero-order chi connectivity index (χ0) is 18.7. The summed E-state index contributed by atoms with van der Waals surface area (Å²) in [7, 11) is -3.55. The Morgan fingerprint density at radius 2 is 1.69 bits per heavy atom. The molecule has 138 valence electrons. The number of likely N-dealkylation sites (tertiary alicyclic amines) is 1. The van der Waals surface area contributed by atoms with Crippen molar-refractivity contribution in [2.75, 3.05) is 13.1 Å².